The van der Waals surface area contributed by atoms with Gasteiger partial charge in [-0.2, -0.15) is 0 Å². The van der Waals surface area contributed by atoms with Crippen LogP contribution in [0.5, 0.6) is 5.75 Å². The second-order valence-corrected chi connectivity index (χ2v) is 7.80. The highest BCUT2D eigenvalue weighted by Gasteiger charge is 2.46. The second-order valence-electron chi connectivity index (χ2n) is 7.80. The first-order valence-corrected chi connectivity index (χ1v) is 10.4. The molecule has 5 heteroatoms. The molecule has 5 nitrogen and oxygen atoms in total. The summed E-state index contributed by atoms with van der Waals surface area (Å²) >= 11 is 0. The van der Waals surface area contributed by atoms with Gasteiger partial charge in [-0.3, -0.25) is 14.4 Å². The first kappa shape index (κ1) is 20.8. The van der Waals surface area contributed by atoms with Gasteiger partial charge < -0.3 is 9.47 Å². The largest absolute Gasteiger partial charge is 0.497 e. The van der Waals surface area contributed by atoms with E-state index in [4.69, 9.17) is 9.47 Å². The summed E-state index contributed by atoms with van der Waals surface area (Å²) in [7, 11) is 1.63. The van der Waals surface area contributed by atoms with Crippen LogP contribution in [0, 0.1) is 5.92 Å². The Morgan fingerprint density at radius 1 is 0.903 bits per heavy atom. The topological polar surface area (TPSA) is 69.7 Å². The molecule has 0 bridgehead atoms. The number of Topliss-reactive ketones (excluding diaryl/α,β-unsaturated/α-hetero) is 2. The van der Waals surface area contributed by atoms with Crippen molar-refractivity contribution in [1.29, 1.82) is 0 Å². The Morgan fingerprint density at radius 3 is 2.42 bits per heavy atom. The Kier molecular flexibility index (Phi) is 6.12. The molecule has 3 aromatic carbocycles. The van der Waals surface area contributed by atoms with Gasteiger partial charge in [0.1, 0.15) is 5.75 Å². The van der Waals surface area contributed by atoms with Crippen LogP contribution in [0.25, 0.3) is 10.8 Å². The third-order valence-electron chi connectivity index (χ3n) is 5.73. The lowest BCUT2D eigenvalue weighted by atomic mass is 9.92. The van der Waals surface area contributed by atoms with Crippen LogP contribution in [0.2, 0.25) is 0 Å². The minimum Gasteiger partial charge on any atom is -0.497 e. The first-order chi connectivity index (χ1) is 15.0. The summed E-state index contributed by atoms with van der Waals surface area (Å²) in [5, 5.41) is 2.09. The number of carbonyl (C=O) groups is 3. The zero-order valence-corrected chi connectivity index (χ0v) is 17.4. The lowest BCUT2D eigenvalue weighted by Crippen LogP contribution is -2.28. The van der Waals surface area contributed by atoms with Crippen molar-refractivity contribution in [2.24, 2.45) is 5.92 Å². The van der Waals surface area contributed by atoms with Crippen molar-refractivity contribution >= 4 is 28.3 Å². The number of ketones is 2. The van der Waals surface area contributed by atoms with E-state index in [2.05, 4.69) is 0 Å². The molecule has 2 atom stereocenters. The lowest BCUT2D eigenvalue weighted by molar-refractivity contribution is -0.147. The molecule has 1 aliphatic heterocycles. The van der Waals surface area contributed by atoms with E-state index < -0.39 is 23.8 Å². The Balaban J connectivity index is 1.36. The van der Waals surface area contributed by atoms with E-state index in [1.165, 1.54) is 0 Å². The smallest absolute Gasteiger partial charge is 0.325 e. The molecule has 0 N–H and O–H groups in total. The number of benzene rings is 3. The minimum absolute atomic E-state index is 0.124. The zero-order chi connectivity index (χ0) is 21.8. The van der Waals surface area contributed by atoms with Gasteiger partial charge in [0.2, 0.25) is 0 Å². The third kappa shape index (κ3) is 4.66. The van der Waals surface area contributed by atoms with Gasteiger partial charge in [0, 0.05) is 6.42 Å². The van der Waals surface area contributed by atoms with Gasteiger partial charge in [0.15, 0.2) is 23.6 Å². The summed E-state index contributed by atoms with van der Waals surface area (Å²) in [5.74, 6) is -1.98. The molecule has 0 aromatic heterocycles. The molecule has 0 spiro atoms. The predicted molar refractivity (Wildman–Crippen MR) is 117 cm³/mol. The molecule has 0 amide bonds. The van der Waals surface area contributed by atoms with Gasteiger partial charge in [0.05, 0.1) is 7.11 Å². The van der Waals surface area contributed by atoms with Crippen LogP contribution in [-0.2, 0) is 32.0 Å². The summed E-state index contributed by atoms with van der Waals surface area (Å²) in [6.45, 7) is 0. The van der Waals surface area contributed by atoms with Crippen molar-refractivity contribution in [3.8, 4) is 5.75 Å². The van der Waals surface area contributed by atoms with E-state index in [0.29, 0.717) is 19.3 Å². The molecule has 1 fully saturated rings. The van der Waals surface area contributed by atoms with E-state index in [9.17, 15) is 14.4 Å². The van der Waals surface area contributed by atoms with Crippen molar-refractivity contribution in [1.82, 2.24) is 0 Å². The molecule has 1 aliphatic rings. The van der Waals surface area contributed by atoms with Crippen LogP contribution in [0.3, 0.4) is 0 Å². The molecule has 4 rings (SSSR count). The zero-order valence-electron chi connectivity index (χ0n) is 17.4. The molecule has 158 valence electrons. The van der Waals surface area contributed by atoms with E-state index in [1.54, 1.807) is 7.11 Å². The molecular formula is C26H24O5. The van der Waals surface area contributed by atoms with Gasteiger partial charge >= 0.3 is 5.97 Å². The van der Waals surface area contributed by atoms with Crippen LogP contribution in [0.15, 0.2) is 66.7 Å². The highest BCUT2D eigenvalue weighted by atomic mass is 16.6. The number of methoxy groups -OCH3 is 1. The SMILES string of the molecule is COc1ccc2cc(CCC(=O)C3C(=O)O[C@@H](CCc4ccccc4)C3=O)ccc2c1. The molecule has 31 heavy (non-hydrogen) atoms. The summed E-state index contributed by atoms with van der Waals surface area (Å²) < 4.78 is 10.5. The van der Waals surface area contributed by atoms with E-state index in [1.807, 2.05) is 66.7 Å². The van der Waals surface area contributed by atoms with E-state index >= 15 is 0 Å². The van der Waals surface area contributed by atoms with E-state index in [0.717, 1.165) is 27.6 Å². The number of esters is 1. The molecule has 0 aliphatic carbocycles. The Labute approximate surface area is 181 Å². The maximum Gasteiger partial charge on any atom is 0.325 e. The molecular weight excluding hydrogens is 392 g/mol. The maximum absolute atomic E-state index is 12.7. The van der Waals surface area contributed by atoms with E-state index in [-0.39, 0.29) is 12.2 Å². The summed E-state index contributed by atoms with van der Waals surface area (Å²) in [6.07, 6.45) is 0.766. The highest BCUT2D eigenvalue weighted by molar-refractivity contribution is 6.21. The Bertz CT molecular complexity index is 1120. The fourth-order valence-corrected chi connectivity index (χ4v) is 3.97. The number of ether oxygens (including phenoxy) is 2. The Hall–Kier alpha value is -3.47. The normalized spacial score (nSPS) is 18.2. The molecule has 1 unspecified atom stereocenters. The number of hydrogen-bond acceptors (Lipinski definition) is 5. The molecule has 1 heterocycles. The highest BCUT2D eigenvalue weighted by Crippen LogP contribution is 2.25. The van der Waals surface area contributed by atoms with Crippen LogP contribution < -0.4 is 4.74 Å². The van der Waals surface area contributed by atoms with Crippen molar-refractivity contribution in [2.75, 3.05) is 7.11 Å². The number of fused-ring (bicyclic) bond motifs is 1. The van der Waals surface area contributed by atoms with Gasteiger partial charge in [-0.05, 0) is 53.3 Å². The number of carbonyl (C=O) groups excluding carboxylic acids is 3. The quantitative estimate of drug-likeness (QED) is 0.409. The van der Waals surface area contributed by atoms with Crippen LogP contribution in [-0.4, -0.2) is 30.7 Å². The monoisotopic (exact) mass is 416 g/mol. The molecule has 0 saturated carbocycles. The van der Waals surface area contributed by atoms with Gasteiger partial charge in [-0.15, -0.1) is 0 Å². The van der Waals surface area contributed by atoms with Gasteiger partial charge in [-0.1, -0.05) is 54.6 Å². The van der Waals surface area contributed by atoms with Crippen LogP contribution in [0.4, 0.5) is 0 Å². The summed E-state index contributed by atoms with van der Waals surface area (Å²) in [4.78, 5) is 37.5. The molecule has 0 radical (unpaired) electrons. The standard InChI is InChI=1S/C26H24O5/c1-30-21-12-11-19-15-18(7-10-20(19)16-21)8-13-22(27)24-25(28)23(31-26(24)29)14-9-17-5-3-2-4-6-17/h2-7,10-12,15-16,23-24H,8-9,13-14H2,1H3/t23-,24?/m0/s1. The fourth-order valence-electron chi connectivity index (χ4n) is 3.97. The van der Waals surface area contributed by atoms with Crippen molar-refractivity contribution in [3.05, 3.63) is 77.9 Å². The number of cyclic esters (lactones) is 1. The van der Waals surface area contributed by atoms with Crippen LogP contribution in [0.1, 0.15) is 24.0 Å². The average Bonchev–Trinajstić information content (AvgIpc) is 3.09. The first-order valence-electron chi connectivity index (χ1n) is 10.4. The predicted octanol–water partition coefficient (Wildman–Crippen LogP) is 4.09. The minimum atomic E-state index is -1.29. The number of hydrogen-bond donors (Lipinski definition) is 0. The number of rotatable bonds is 8. The second kappa shape index (κ2) is 9.13. The number of aryl methyl sites for hydroxylation is 2. The van der Waals surface area contributed by atoms with Gasteiger partial charge in [0.25, 0.3) is 0 Å². The van der Waals surface area contributed by atoms with Crippen LogP contribution >= 0.6 is 0 Å². The summed E-state index contributed by atoms with van der Waals surface area (Å²) in [5.41, 5.74) is 2.04. The average molecular weight is 416 g/mol. The Morgan fingerprint density at radius 2 is 1.65 bits per heavy atom. The van der Waals surface area contributed by atoms with Gasteiger partial charge in [-0.25, -0.2) is 0 Å². The fraction of sp³-hybridized carbons (Fsp3) is 0.269. The lowest BCUT2D eigenvalue weighted by Gasteiger charge is -2.08. The maximum atomic E-state index is 12.7. The van der Waals surface area contributed by atoms with Crippen molar-refractivity contribution < 1.29 is 23.9 Å². The summed E-state index contributed by atoms with van der Waals surface area (Å²) in [6, 6.07) is 21.4. The third-order valence-corrected chi connectivity index (χ3v) is 5.73. The van der Waals surface area contributed by atoms with Crippen molar-refractivity contribution in [2.45, 2.75) is 31.8 Å². The molecule has 1 saturated heterocycles. The molecule has 3 aromatic rings. The van der Waals surface area contributed by atoms with Crippen molar-refractivity contribution in [3.63, 3.8) is 0 Å².